The summed E-state index contributed by atoms with van der Waals surface area (Å²) in [4.78, 5) is 0. The first-order valence-corrected chi connectivity index (χ1v) is 8.35. The molecule has 0 radical (unpaired) electrons. The average molecular weight is 310 g/mol. The Morgan fingerprint density at radius 2 is 1.21 bits per heavy atom. The van der Waals surface area contributed by atoms with E-state index in [-0.39, 0.29) is 0 Å². The van der Waals surface area contributed by atoms with Crippen molar-refractivity contribution >= 4 is 33.9 Å². The highest BCUT2D eigenvalue weighted by Gasteiger charge is 2.19. The Morgan fingerprint density at radius 3 is 1.83 bits per heavy atom. The van der Waals surface area contributed by atoms with Crippen molar-refractivity contribution in [3.8, 4) is 11.1 Å². The van der Waals surface area contributed by atoms with Gasteiger partial charge in [0.1, 0.15) is 0 Å². The van der Waals surface area contributed by atoms with Crippen LogP contribution >= 0.6 is 0 Å². The second-order valence-electron chi connectivity index (χ2n) is 6.41. The van der Waals surface area contributed by atoms with E-state index in [0.717, 1.165) is 11.0 Å². The highest BCUT2D eigenvalue weighted by atomic mass is 16.2. The van der Waals surface area contributed by atoms with Crippen molar-refractivity contribution in [2.24, 2.45) is 0 Å². The fraction of sp³-hybridized carbons (Fsp3) is 0.0909. The number of benzene rings is 4. The van der Waals surface area contributed by atoms with Gasteiger partial charge >= 0.3 is 6.92 Å². The minimum atomic E-state index is -0.511. The van der Waals surface area contributed by atoms with E-state index >= 15 is 0 Å². The van der Waals surface area contributed by atoms with Crippen molar-refractivity contribution in [3.05, 3.63) is 78.4 Å². The van der Waals surface area contributed by atoms with Gasteiger partial charge in [0.2, 0.25) is 0 Å². The summed E-state index contributed by atoms with van der Waals surface area (Å²) in [5.41, 5.74) is 4.58. The van der Waals surface area contributed by atoms with Crippen LogP contribution in [0, 0.1) is 6.92 Å². The summed E-state index contributed by atoms with van der Waals surface area (Å²) in [5, 5.41) is 15.2. The molecule has 24 heavy (non-hydrogen) atoms. The first-order chi connectivity index (χ1) is 11.7. The Morgan fingerprint density at radius 1 is 0.667 bits per heavy atom. The quantitative estimate of drug-likeness (QED) is 0.528. The maximum Gasteiger partial charge on any atom is 0.321 e. The molecule has 0 aliphatic carbocycles. The minimum Gasteiger partial charge on any atom is -0.446 e. The van der Waals surface area contributed by atoms with Crippen LogP contribution in [-0.2, 0) is 0 Å². The summed E-state index contributed by atoms with van der Waals surface area (Å²) in [6.45, 7) is 3.48. The van der Waals surface area contributed by atoms with Crippen LogP contribution in [0.5, 0.6) is 0 Å². The molecular weight excluding hydrogens is 291 g/mol. The van der Waals surface area contributed by atoms with Crippen LogP contribution in [0.2, 0.25) is 6.82 Å². The molecule has 0 amide bonds. The molecule has 0 saturated heterocycles. The van der Waals surface area contributed by atoms with Crippen LogP contribution in [0.25, 0.3) is 32.7 Å². The largest absolute Gasteiger partial charge is 0.446 e. The molecule has 2 heteroatoms. The van der Waals surface area contributed by atoms with Crippen LogP contribution < -0.4 is 5.46 Å². The molecule has 0 saturated carbocycles. The summed E-state index contributed by atoms with van der Waals surface area (Å²) in [5.74, 6) is 0. The lowest BCUT2D eigenvalue weighted by Gasteiger charge is -2.18. The molecule has 0 unspecified atom stereocenters. The fourth-order valence-corrected chi connectivity index (χ4v) is 3.63. The third-order valence-corrected chi connectivity index (χ3v) is 4.80. The predicted octanol–water partition coefficient (Wildman–Crippen LogP) is 4.79. The summed E-state index contributed by atoms with van der Waals surface area (Å²) in [7, 11) is 0. The highest BCUT2D eigenvalue weighted by Crippen LogP contribution is 2.35. The number of hydrogen-bond donors (Lipinski definition) is 1. The van der Waals surface area contributed by atoms with E-state index in [0.29, 0.717) is 0 Å². The molecule has 1 N–H and O–H groups in total. The lowest BCUT2D eigenvalue weighted by atomic mass is 9.61. The standard InChI is InChI=1S/C22H19BO/c1-15-11-12-16-7-3-5-9-18(16)21(15)22-19-10-6-4-8-17(19)13-14-20(22)23(2)24/h3-14,24H,1-2H3. The zero-order chi connectivity index (χ0) is 16.7. The van der Waals surface area contributed by atoms with E-state index < -0.39 is 6.92 Å². The zero-order valence-corrected chi connectivity index (χ0v) is 14.0. The normalized spacial score (nSPS) is 11.1. The molecule has 4 aromatic rings. The van der Waals surface area contributed by atoms with Crippen molar-refractivity contribution < 1.29 is 5.02 Å². The predicted molar refractivity (Wildman–Crippen MR) is 105 cm³/mol. The topological polar surface area (TPSA) is 20.2 Å². The lowest BCUT2D eigenvalue weighted by molar-refractivity contribution is 0.594. The van der Waals surface area contributed by atoms with Crippen molar-refractivity contribution in [2.75, 3.05) is 0 Å². The maximum atomic E-state index is 10.4. The smallest absolute Gasteiger partial charge is 0.321 e. The molecule has 116 valence electrons. The molecule has 4 aromatic carbocycles. The molecule has 0 fully saturated rings. The summed E-state index contributed by atoms with van der Waals surface area (Å²) in [6.07, 6.45) is 0. The van der Waals surface area contributed by atoms with Crippen molar-refractivity contribution in [1.82, 2.24) is 0 Å². The molecule has 4 rings (SSSR count). The summed E-state index contributed by atoms with van der Waals surface area (Å²) < 4.78 is 0. The van der Waals surface area contributed by atoms with Crippen molar-refractivity contribution in [3.63, 3.8) is 0 Å². The van der Waals surface area contributed by atoms with E-state index in [9.17, 15) is 5.02 Å². The molecule has 0 aliphatic rings. The van der Waals surface area contributed by atoms with Crippen LogP contribution in [0.1, 0.15) is 5.56 Å². The second kappa shape index (κ2) is 5.81. The number of fused-ring (bicyclic) bond motifs is 2. The van der Waals surface area contributed by atoms with Gasteiger partial charge in [-0.05, 0) is 50.6 Å². The third-order valence-electron chi connectivity index (χ3n) is 4.80. The van der Waals surface area contributed by atoms with Crippen LogP contribution in [-0.4, -0.2) is 11.9 Å². The van der Waals surface area contributed by atoms with Crippen LogP contribution in [0.4, 0.5) is 0 Å². The van der Waals surface area contributed by atoms with Gasteiger partial charge in [0, 0.05) is 0 Å². The van der Waals surface area contributed by atoms with Gasteiger partial charge < -0.3 is 5.02 Å². The molecular formula is C22H19BO. The van der Waals surface area contributed by atoms with Crippen molar-refractivity contribution in [2.45, 2.75) is 13.7 Å². The van der Waals surface area contributed by atoms with Gasteiger partial charge in [0.15, 0.2) is 0 Å². The van der Waals surface area contributed by atoms with E-state index in [2.05, 4.69) is 79.7 Å². The molecule has 1 nitrogen and oxygen atoms in total. The number of rotatable bonds is 2. The maximum absolute atomic E-state index is 10.4. The molecule has 0 aromatic heterocycles. The SMILES string of the molecule is CB(O)c1ccc2ccccc2c1-c1c(C)ccc2ccccc12. The molecule has 0 bridgehead atoms. The fourth-order valence-electron chi connectivity index (χ4n) is 3.63. The zero-order valence-electron chi connectivity index (χ0n) is 14.0. The molecule has 0 aliphatic heterocycles. The van der Waals surface area contributed by atoms with E-state index in [1.165, 1.54) is 32.7 Å². The summed E-state index contributed by atoms with van der Waals surface area (Å²) >= 11 is 0. The van der Waals surface area contributed by atoms with Crippen LogP contribution in [0.3, 0.4) is 0 Å². The third kappa shape index (κ3) is 2.31. The number of aryl methyl sites for hydroxylation is 1. The highest BCUT2D eigenvalue weighted by molar-refractivity contribution is 6.67. The minimum absolute atomic E-state index is 0.511. The van der Waals surface area contributed by atoms with Gasteiger partial charge in [-0.1, -0.05) is 79.6 Å². The van der Waals surface area contributed by atoms with Gasteiger partial charge in [0.25, 0.3) is 0 Å². The average Bonchev–Trinajstić information content (AvgIpc) is 2.61. The Kier molecular flexibility index (Phi) is 3.63. The van der Waals surface area contributed by atoms with Gasteiger partial charge in [-0.2, -0.15) is 0 Å². The molecule has 0 spiro atoms. The van der Waals surface area contributed by atoms with Crippen LogP contribution in [0.15, 0.2) is 72.8 Å². The Bertz CT molecular complexity index is 1050. The molecule has 0 heterocycles. The van der Waals surface area contributed by atoms with Crippen molar-refractivity contribution in [1.29, 1.82) is 0 Å². The van der Waals surface area contributed by atoms with Gasteiger partial charge in [0.05, 0.1) is 0 Å². The van der Waals surface area contributed by atoms with Gasteiger partial charge in [-0.25, -0.2) is 0 Å². The second-order valence-corrected chi connectivity index (χ2v) is 6.41. The lowest BCUT2D eigenvalue weighted by Crippen LogP contribution is -2.28. The van der Waals surface area contributed by atoms with E-state index in [1.807, 2.05) is 6.82 Å². The monoisotopic (exact) mass is 310 g/mol. The Balaban J connectivity index is 2.21. The van der Waals surface area contributed by atoms with E-state index in [4.69, 9.17) is 0 Å². The van der Waals surface area contributed by atoms with E-state index in [1.54, 1.807) is 0 Å². The van der Waals surface area contributed by atoms with Gasteiger partial charge in [-0.15, -0.1) is 0 Å². The first kappa shape index (κ1) is 15.0. The Hall–Kier alpha value is -2.58. The number of hydrogen-bond acceptors (Lipinski definition) is 1. The van der Waals surface area contributed by atoms with Gasteiger partial charge in [-0.3, -0.25) is 0 Å². The Labute approximate surface area is 142 Å². The summed E-state index contributed by atoms with van der Waals surface area (Å²) in [6, 6.07) is 25.4. The first-order valence-electron chi connectivity index (χ1n) is 8.35. The molecule has 0 atom stereocenters.